The van der Waals surface area contributed by atoms with E-state index in [4.69, 9.17) is 0 Å². The summed E-state index contributed by atoms with van der Waals surface area (Å²) in [5.41, 5.74) is 0. The summed E-state index contributed by atoms with van der Waals surface area (Å²) < 4.78 is 0. The minimum Gasteiger partial charge on any atom is -0.249 e. The molecule has 1 aromatic rings. The van der Waals surface area contributed by atoms with Crippen LogP contribution in [0.1, 0.15) is 37.1 Å². The Kier molecular flexibility index (Phi) is 3.73. The van der Waals surface area contributed by atoms with Gasteiger partial charge >= 0.3 is 0 Å². The molecule has 0 fully saturated rings. The van der Waals surface area contributed by atoms with E-state index in [2.05, 4.69) is 25.8 Å². The van der Waals surface area contributed by atoms with Gasteiger partial charge in [0.1, 0.15) is 0 Å². The molecule has 0 bridgehead atoms. The minimum absolute atomic E-state index is 0.791. The van der Waals surface area contributed by atoms with Gasteiger partial charge in [0.25, 0.3) is 0 Å². The van der Waals surface area contributed by atoms with Gasteiger partial charge in [-0.2, -0.15) is 0 Å². The number of rotatable bonds is 4. The zero-order valence-electron chi connectivity index (χ0n) is 8.13. The molecule has 1 heterocycles. The van der Waals surface area contributed by atoms with Gasteiger partial charge in [-0.1, -0.05) is 20.8 Å². The normalized spacial score (nSPS) is 11.0. The standard InChI is InChI=1S/C10H17NS/c1-4-9-7-11-10(12-9)6-5-8(2)3/h7-8H,4-6H2,1-3H3. The summed E-state index contributed by atoms with van der Waals surface area (Å²) in [5, 5.41) is 1.31. The van der Waals surface area contributed by atoms with E-state index in [0.29, 0.717) is 0 Å². The second-order valence-corrected chi connectivity index (χ2v) is 4.71. The lowest BCUT2D eigenvalue weighted by Crippen LogP contribution is -1.90. The monoisotopic (exact) mass is 183 g/mol. The van der Waals surface area contributed by atoms with Gasteiger partial charge in [0, 0.05) is 11.1 Å². The van der Waals surface area contributed by atoms with Crippen LogP contribution in [-0.4, -0.2) is 4.98 Å². The first-order valence-electron chi connectivity index (χ1n) is 4.66. The summed E-state index contributed by atoms with van der Waals surface area (Å²) >= 11 is 1.86. The molecule has 1 aromatic heterocycles. The van der Waals surface area contributed by atoms with Crippen molar-refractivity contribution < 1.29 is 0 Å². The number of aryl methyl sites for hydroxylation is 2. The predicted molar refractivity (Wildman–Crippen MR) is 54.7 cm³/mol. The molecule has 0 aliphatic rings. The number of hydrogen-bond donors (Lipinski definition) is 0. The highest BCUT2D eigenvalue weighted by atomic mass is 32.1. The molecule has 0 atom stereocenters. The van der Waals surface area contributed by atoms with Gasteiger partial charge < -0.3 is 0 Å². The van der Waals surface area contributed by atoms with E-state index in [1.54, 1.807) is 0 Å². The summed E-state index contributed by atoms with van der Waals surface area (Å²) in [6, 6.07) is 0. The lowest BCUT2D eigenvalue weighted by atomic mass is 10.1. The molecule has 68 valence electrons. The van der Waals surface area contributed by atoms with Gasteiger partial charge in [-0.15, -0.1) is 11.3 Å². The summed E-state index contributed by atoms with van der Waals surface area (Å²) in [7, 11) is 0. The fourth-order valence-electron chi connectivity index (χ4n) is 1.04. The largest absolute Gasteiger partial charge is 0.249 e. The molecule has 0 spiro atoms. The van der Waals surface area contributed by atoms with Crippen LogP contribution in [0.15, 0.2) is 6.20 Å². The van der Waals surface area contributed by atoms with E-state index in [9.17, 15) is 0 Å². The first-order valence-corrected chi connectivity index (χ1v) is 5.47. The van der Waals surface area contributed by atoms with Crippen LogP contribution in [0.2, 0.25) is 0 Å². The van der Waals surface area contributed by atoms with Crippen molar-refractivity contribution in [2.24, 2.45) is 5.92 Å². The number of nitrogens with zero attached hydrogens (tertiary/aromatic N) is 1. The van der Waals surface area contributed by atoms with Gasteiger partial charge in [0.15, 0.2) is 0 Å². The maximum Gasteiger partial charge on any atom is 0.0927 e. The molecule has 0 saturated heterocycles. The molecule has 1 rings (SSSR count). The molecule has 1 nitrogen and oxygen atoms in total. The van der Waals surface area contributed by atoms with Crippen LogP contribution in [0.4, 0.5) is 0 Å². The fraction of sp³-hybridized carbons (Fsp3) is 0.700. The molecule has 0 aromatic carbocycles. The Bertz CT molecular complexity index is 227. The van der Waals surface area contributed by atoms with Crippen LogP contribution in [0.25, 0.3) is 0 Å². The van der Waals surface area contributed by atoms with Crippen molar-refractivity contribution in [3.8, 4) is 0 Å². The molecule has 2 heteroatoms. The van der Waals surface area contributed by atoms with Gasteiger partial charge in [0.05, 0.1) is 5.01 Å². The lowest BCUT2D eigenvalue weighted by Gasteiger charge is -1.99. The second kappa shape index (κ2) is 4.61. The highest BCUT2D eigenvalue weighted by Gasteiger charge is 2.01. The average molecular weight is 183 g/mol. The first-order chi connectivity index (χ1) is 5.72. The van der Waals surface area contributed by atoms with E-state index >= 15 is 0 Å². The molecule has 0 N–H and O–H groups in total. The van der Waals surface area contributed by atoms with Crippen LogP contribution >= 0.6 is 11.3 Å². The summed E-state index contributed by atoms with van der Waals surface area (Å²) in [6.45, 7) is 6.70. The molecule has 0 unspecified atom stereocenters. The number of aromatic nitrogens is 1. The van der Waals surface area contributed by atoms with Crippen LogP contribution in [0.5, 0.6) is 0 Å². The minimum atomic E-state index is 0.791. The Balaban J connectivity index is 2.41. The van der Waals surface area contributed by atoms with Crippen molar-refractivity contribution in [1.29, 1.82) is 0 Å². The van der Waals surface area contributed by atoms with E-state index in [-0.39, 0.29) is 0 Å². The third-order valence-corrected chi connectivity index (χ3v) is 3.09. The Labute approximate surface area is 78.8 Å². The maximum absolute atomic E-state index is 4.38. The van der Waals surface area contributed by atoms with Gasteiger partial charge in [-0.3, -0.25) is 0 Å². The van der Waals surface area contributed by atoms with Crippen LogP contribution in [0.3, 0.4) is 0 Å². The summed E-state index contributed by atoms with van der Waals surface area (Å²) in [4.78, 5) is 5.79. The molecule has 12 heavy (non-hydrogen) atoms. The SMILES string of the molecule is CCc1cnc(CCC(C)C)s1. The third kappa shape index (κ3) is 2.94. The van der Waals surface area contributed by atoms with Crippen molar-refractivity contribution >= 4 is 11.3 Å². The zero-order valence-corrected chi connectivity index (χ0v) is 8.95. The molecule has 0 radical (unpaired) electrons. The quantitative estimate of drug-likeness (QED) is 0.698. The Morgan fingerprint density at radius 2 is 2.25 bits per heavy atom. The van der Waals surface area contributed by atoms with Gasteiger partial charge in [0.2, 0.25) is 0 Å². The van der Waals surface area contributed by atoms with Crippen molar-refractivity contribution in [2.45, 2.75) is 40.0 Å². The smallest absolute Gasteiger partial charge is 0.0927 e. The highest BCUT2D eigenvalue weighted by molar-refractivity contribution is 7.11. The summed E-state index contributed by atoms with van der Waals surface area (Å²) in [6.07, 6.45) is 5.55. The highest BCUT2D eigenvalue weighted by Crippen LogP contribution is 2.16. The van der Waals surface area contributed by atoms with E-state index < -0.39 is 0 Å². The third-order valence-electron chi connectivity index (χ3n) is 1.89. The Hall–Kier alpha value is -0.370. The molecule has 0 amide bonds. The second-order valence-electron chi connectivity index (χ2n) is 3.51. The molecular weight excluding hydrogens is 166 g/mol. The van der Waals surface area contributed by atoms with Crippen LogP contribution < -0.4 is 0 Å². The fourth-order valence-corrected chi connectivity index (χ4v) is 1.92. The Morgan fingerprint density at radius 3 is 2.75 bits per heavy atom. The van der Waals surface area contributed by atoms with Crippen molar-refractivity contribution in [1.82, 2.24) is 4.98 Å². The number of hydrogen-bond acceptors (Lipinski definition) is 2. The summed E-state index contributed by atoms with van der Waals surface area (Å²) in [5.74, 6) is 0.791. The Morgan fingerprint density at radius 1 is 1.50 bits per heavy atom. The van der Waals surface area contributed by atoms with Gasteiger partial charge in [-0.25, -0.2) is 4.98 Å². The molecular formula is C10H17NS. The van der Waals surface area contributed by atoms with Crippen molar-refractivity contribution in [3.05, 3.63) is 16.1 Å². The zero-order chi connectivity index (χ0) is 8.97. The lowest BCUT2D eigenvalue weighted by molar-refractivity contribution is 0.585. The van der Waals surface area contributed by atoms with Crippen molar-refractivity contribution in [3.63, 3.8) is 0 Å². The topological polar surface area (TPSA) is 12.9 Å². The molecule has 0 aliphatic heterocycles. The maximum atomic E-state index is 4.38. The average Bonchev–Trinajstić information content (AvgIpc) is 2.48. The van der Waals surface area contributed by atoms with Crippen LogP contribution in [0, 0.1) is 5.92 Å². The first kappa shape index (κ1) is 9.72. The molecule has 0 saturated carbocycles. The van der Waals surface area contributed by atoms with Crippen LogP contribution in [-0.2, 0) is 12.8 Å². The predicted octanol–water partition coefficient (Wildman–Crippen LogP) is 3.29. The van der Waals surface area contributed by atoms with Gasteiger partial charge in [-0.05, 0) is 25.2 Å². The number of thiazole rings is 1. The van der Waals surface area contributed by atoms with Crippen molar-refractivity contribution in [2.75, 3.05) is 0 Å². The molecule has 0 aliphatic carbocycles. The van der Waals surface area contributed by atoms with E-state index in [1.165, 1.54) is 16.3 Å². The van der Waals surface area contributed by atoms with E-state index in [1.807, 2.05) is 17.5 Å². The van der Waals surface area contributed by atoms with E-state index in [0.717, 1.165) is 18.8 Å².